The second-order valence-corrected chi connectivity index (χ2v) is 10.8. The Labute approximate surface area is 243 Å². The Morgan fingerprint density at radius 2 is 1.68 bits per heavy atom. The van der Waals surface area contributed by atoms with Gasteiger partial charge in [-0.25, -0.2) is 4.79 Å². The van der Waals surface area contributed by atoms with Gasteiger partial charge in [-0.1, -0.05) is 24.3 Å². The first-order valence-electron chi connectivity index (χ1n) is 13.4. The molecule has 2 aromatic carbocycles. The minimum Gasteiger partial charge on any atom is -0.493 e. The van der Waals surface area contributed by atoms with Gasteiger partial charge in [-0.3, -0.25) is 4.79 Å². The zero-order valence-electron chi connectivity index (χ0n) is 23.5. The normalized spacial score (nSPS) is 18.4. The fraction of sp³-hybridized carbons (Fsp3) is 0.312. The predicted octanol–water partition coefficient (Wildman–Crippen LogP) is 5.76. The predicted molar refractivity (Wildman–Crippen MR) is 156 cm³/mol. The molecule has 0 saturated heterocycles. The van der Waals surface area contributed by atoms with Crippen LogP contribution in [0.25, 0.3) is 0 Å². The molecule has 2 heterocycles. The van der Waals surface area contributed by atoms with Crippen LogP contribution < -0.4 is 24.3 Å². The molecule has 1 aromatic heterocycles. The summed E-state index contributed by atoms with van der Waals surface area (Å²) >= 11 is 1.65. The maximum atomic E-state index is 13.9. The molecule has 0 unspecified atom stereocenters. The molecule has 2 aliphatic rings. The standard InChI is InChI=1S/C32H33NO7S/c1-19-28(32(35)40-13-12-39-22-9-6-5-7-10-22)29(21-17-25(36-2)31(38-4)26(18-21)37-3)30-23(33-19)15-20(16-24(30)34)27-11-8-14-41-27/h5-11,14,17-18,20,29,33H,12-13,15-16H2,1-4H3/t20-,29+/m0/s1. The van der Waals surface area contributed by atoms with Crippen LogP contribution in [0.15, 0.2) is 82.5 Å². The average Bonchev–Trinajstić information content (AvgIpc) is 3.53. The molecule has 1 N–H and O–H groups in total. The van der Waals surface area contributed by atoms with E-state index in [9.17, 15) is 9.59 Å². The van der Waals surface area contributed by atoms with Crippen molar-refractivity contribution in [3.63, 3.8) is 0 Å². The first-order valence-corrected chi connectivity index (χ1v) is 14.2. The highest BCUT2D eigenvalue weighted by Gasteiger charge is 2.42. The number of nitrogens with one attached hydrogen (secondary N) is 1. The number of rotatable bonds is 10. The lowest BCUT2D eigenvalue weighted by Crippen LogP contribution is -2.36. The lowest BCUT2D eigenvalue weighted by Gasteiger charge is -2.36. The Kier molecular flexibility index (Phi) is 8.64. The molecular formula is C32H33NO7S. The Hall–Kier alpha value is -4.24. The van der Waals surface area contributed by atoms with Crippen molar-refractivity contribution < 1.29 is 33.3 Å². The Morgan fingerprint density at radius 1 is 0.951 bits per heavy atom. The molecule has 8 nitrogen and oxygen atoms in total. The molecular weight excluding hydrogens is 542 g/mol. The van der Waals surface area contributed by atoms with Gasteiger partial charge in [-0.15, -0.1) is 11.3 Å². The molecule has 0 radical (unpaired) electrons. The molecule has 2 atom stereocenters. The van der Waals surface area contributed by atoms with Crippen molar-refractivity contribution in [2.45, 2.75) is 31.6 Å². The van der Waals surface area contributed by atoms with E-state index in [2.05, 4.69) is 11.4 Å². The number of Topliss-reactive ketones (excluding diaryl/α,β-unsaturated/α-hetero) is 1. The maximum absolute atomic E-state index is 13.9. The number of carbonyl (C=O) groups excluding carboxylic acids is 2. The third-order valence-electron chi connectivity index (χ3n) is 7.34. The van der Waals surface area contributed by atoms with Crippen LogP contribution in [0.4, 0.5) is 0 Å². The molecule has 5 rings (SSSR count). The Bertz CT molecular complexity index is 1450. The van der Waals surface area contributed by atoms with Gasteiger partial charge in [-0.05, 0) is 54.6 Å². The number of ketones is 1. The van der Waals surface area contributed by atoms with Crippen LogP contribution in [0.3, 0.4) is 0 Å². The summed E-state index contributed by atoms with van der Waals surface area (Å²) in [4.78, 5) is 28.7. The van der Waals surface area contributed by atoms with Crippen LogP contribution in [0.1, 0.15) is 42.0 Å². The Balaban J connectivity index is 1.50. The number of hydrogen-bond donors (Lipinski definition) is 1. The highest BCUT2D eigenvalue weighted by atomic mass is 32.1. The summed E-state index contributed by atoms with van der Waals surface area (Å²) in [6.45, 7) is 2.08. The van der Waals surface area contributed by atoms with E-state index >= 15 is 0 Å². The number of allylic oxidation sites excluding steroid dienone is 3. The summed E-state index contributed by atoms with van der Waals surface area (Å²) < 4.78 is 28.1. The molecule has 0 amide bonds. The van der Waals surface area contributed by atoms with E-state index in [1.807, 2.05) is 48.7 Å². The second-order valence-electron chi connectivity index (χ2n) is 9.79. The van der Waals surface area contributed by atoms with Crippen molar-refractivity contribution in [3.05, 3.63) is 93.0 Å². The quantitative estimate of drug-likeness (QED) is 0.241. The van der Waals surface area contributed by atoms with Crippen LogP contribution in [0.2, 0.25) is 0 Å². The zero-order chi connectivity index (χ0) is 28.9. The highest BCUT2D eigenvalue weighted by Crippen LogP contribution is 2.49. The lowest BCUT2D eigenvalue weighted by molar-refractivity contribution is -0.140. The van der Waals surface area contributed by atoms with Crippen molar-refractivity contribution in [1.29, 1.82) is 0 Å². The highest BCUT2D eigenvalue weighted by molar-refractivity contribution is 7.10. The number of hydrogen-bond acceptors (Lipinski definition) is 9. The van der Waals surface area contributed by atoms with Gasteiger partial charge in [-0.2, -0.15) is 0 Å². The van der Waals surface area contributed by atoms with Crippen molar-refractivity contribution >= 4 is 23.1 Å². The summed E-state index contributed by atoms with van der Waals surface area (Å²) in [5.41, 5.74) is 3.05. The summed E-state index contributed by atoms with van der Waals surface area (Å²) in [5, 5.41) is 5.42. The summed E-state index contributed by atoms with van der Waals surface area (Å²) in [6.07, 6.45) is 1.02. The van der Waals surface area contributed by atoms with Crippen LogP contribution in [-0.2, 0) is 14.3 Å². The van der Waals surface area contributed by atoms with Gasteiger partial charge < -0.3 is 29.0 Å². The zero-order valence-corrected chi connectivity index (χ0v) is 24.3. The monoisotopic (exact) mass is 575 g/mol. The molecule has 214 valence electrons. The molecule has 0 bridgehead atoms. The molecule has 41 heavy (non-hydrogen) atoms. The smallest absolute Gasteiger partial charge is 0.336 e. The van der Waals surface area contributed by atoms with Crippen LogP contribution in [-0.4, -0.2) is 46.3 Å². The number of para-hydroxylation sites is 1. The fourth-order valence-electron chi connectivity index (χ4n) is 5.52. The van der Waals surface area contributed by atoms with E-state index in [1.165, 1.54) is 26.2 Å². The third-order valence-corrected chi connectivity index (χ3v) is 8.38. The number of esters is 1. The average molecular weight is 576 g/mol. The molecule has 3 aromatic rings. The molecule has 0 spiro atoms. The summed E-state index contributed by atoms with van der Waals surface area (Å²) in [6, 6.07) is 17.0. The van der Waals surface area contributed by atoms with E-state index in [0.717, 1.165) is 5.70 Å². The molecule has 9 heteroatoms. The van der Waals surface area contributed by atoms with Crippen molar-refractivity contribution in [2.75, 3.05) is 34.5 Å². The van der Waals surface area contributed by atoms with E-state index in [-0.39, 0.29) is 24.9 Å². The number of carbonyl (C=O) groups is 2. The van der Waals surface area contributed by atoms with Gasteiger partial charge in [0, 0.05) is 40.1 Å². The molecule has 1 aliphatic carbocycles. The second kappa shape index (κ2) is 12.5. The molecule has 1 aliphatic heterocycles. The first kappa shape index (κ1) is 28.3. The molecule has 0 saturated carbocycles. The van der Waals surface area contributed by atoms with Crippen LogP contribution >= 0.6 is 11.3 Å². The van der Waals surface area contributed by atoms with E-state index in [1.54, 1.807) is 23.5 Å². The first-order chi connectivity index (χ1) is 19.9. The van der Waals surface area contributed by atoms with Crippen molar-refractivity contribution in [2.24, 2.45) is 0 Å². The van der Waals surface area contributed by atoms with Crippen LogP contribution in [0.5, 0.6) is 23.0 Å². The lowest BCUT2D eigenvalue weighted by atomic mass is 9.72. The fourth-order valence-corrected chi connectivity index (χ4v) is 6.35. The SMILES string of the molecule is COc1cc([C@@H]2C(C(=O)OCCOc3ccccc3)=C(C)NC3=C2C(=O)C[C@@H](c2cccs2)C3)cc(OC)c1OC. The van der Waals surface area contributed by atoms with Gasteiger partial charge >= 0.3 is 5.97 Å². The minimum atomic E-state index is -0.681. The van der Waals surface area contributed by atoms with Gasteiger partial charge in [0.25, 0.3) is 0 Å². The number of benzene rings is 2. The number of thiophene rings is 1. The topological polar surface area (TPSA) is 92.3 Å². The third kappa shape index (κ3) is 5.81. The van der Waals surface area contributed by atoms with Gasteiger partial charge in [0.1, 0.15) is 19.0 Å². The van der Waals surface area contributed by atoms with Gasteiger partial charge in [0.05, 0.1) is 26.9 Å². The summed E-state index contributed by atoms with van der Waals surface area (Å²) in [5.74, 6) is 0.845. The minimum absolute atomic E-state index is 0.0129. The van der Waals surface area contributed by atoms with Crippen molar-refractivity contribution in [3.8, 4) is 23.0 Å². The van der Waals surface area contributed by atoms with Gasteiger partial charge in [0.15, 0.2) is 17.3 Å². The van der Waals surface area contributed by atoms with E-state index < -0.39 is 11.9 Å². The number of ether oxygens (including phenoxy) is 5. The number of dihydropyridines is 1. The maximum Gasteiger partial charge on any atom is 0.336 e. The van der Waals surface area contributed by atoms with E-state index in [0.29, 0.717) is 58.2 Å². The summed E-state index contributed by atoms with van der Waals surface area (Å²) in [7, 11) is 4.61. The largest absolute Gasteiger partial charge is 0.493 e. The van der Waals surface area contributed by atoms with Gasteiger partial charge in [0.2, 0.25) is 5.75 Å². The Morgan fingerprint density at radius 3 is 2.32 bits per heavy atom. The van der Waals surface area contributed by atoms with E-state index in [4.69, 9.17) is 23.7 Å². The molecule has 0 fully saturated rings. The van der Waals surface area contributed by atoms with Crippen LogP contribution in [0, 0.1) is 0 Å². The number of methoxy groups -OCH3 is 3. The van der Waals surface area contributed by atoms with Crippen molar-refractivity contribution in [1.82, 2.24) is 5.32 Å².